The molecule has 106 valence electrons. The lowest BCUT2D eigenvalue weighted by atomic mass is 10.1. The molecule has 1 aromatic heterocycles. The maximum Gasteiger partial charge on any atom is 0.341 e. The van der Waals surface area contributed by atoms with Crippen LogP contribution in [0.25, 0.3) is 11.0 Å². The standard InChI is InChI=1S/C13H14ClN3O3/c1-19-13(18)11-8(14)5-6-9-12(11)17(16-15-9)10-4-2-3-7-20-10/h5-6,10H,2-4,7H2,1H3. The maximum atomic E-state index is 12.0. The van der Waals surface area contributed by atoms with Gasteiger partial charge in [-0.05, 0) is 31.4 Å². The topological polar surface area (TPSA) is 66.2 Å². The first kappa shape index (κ1) is 13.3. The van der Waals surface area contributed by atoms with E-state index in [9.17, 15) is 4.79 Å². The lowest BCUT2D eigenvalue weighted by molar-refractivity contribution is -0.0378. The summed E-state index contributed by atoms with van der Waals surface area (Å²) in [6.45, 7) is 0.681. The Kier molecular flexibility index (Phi) is 3.58. The van der Waals surface area contributed by atoms with Gasteiger partial charge in [-0.2, -0.15) is 0 Å². The highest BCUT2D eigenvalue weighted by Gasteiger charge is 2.25. The van der Waals surface area contributed by atoms with Gasteiger partial charge in [0.05, 0.1) is 12.1 Å². The molecule has 0 N–H and O–H groups in total. The normalized spacial score (nSPS) is 19.2. The fourth-order valence-corrected chi connectivity index (χ4v) is 2.65. The Labute approximate surface area is 120 Å². The van der Waals surface area contributed by atoms with Gasteiger partial charge in [-0.25, -0.2) is 9.48 Å². The number of carbonyl (C=O) groups excluding carboxylic acids is 1. The van der Waals surface area contributed by atoms with E-state index in [1.165, 1.54) is 7.11 Å². The lowest BCUT2D eigenvalue weighted by Gasteiger charge is -2.23. The average Bonchev–Trinajstić information content (AvgIpc) is 2.91. The van der Waals surface area contributed by atoms with Crippen molar-refractivity contribution in [1.29, 1.82) is 0 Å². The Bertz CT molecular complexity index is 650. The lowest BCUT2D eigenvalue weighted by Crippen LogP contribution is -2.20. The van der Waals surface area contributed by atoms with Crippen LogP contribution >= 0.6 is 11.6 Å². The Morgan fingerprint density at radius 2 is 2.35 bits per heavy atom. The third-order valence-electron chi connectivity index (χ3n) is 3.40. The SMILES string of the molecule is COC(=O)c1c(Cl)ccc2nnn(C3CCCCO3)c12. The van der Waals surface area contributed by atoms with E-state index < -0.39 is 5.97 Å². The minimum atomic E-state index is -0.500. The highest BCUT2D eigenvalue weighted by Crippen LogP contribution is 2.30. The molecule has 0 aliphatic carbocycles. The molecule has 0 spiro atoms. The molecule has 0 amide bonds. The molecule has 1 aliphatic rings. The van der Waals surface area contributed by atoms with Gasteiger partial charge in [0.2, 0.25) is 0 Å². The number of rotatable bonds is 2. The molecule has 1 aromatic carbocycles. The van der Waals surface area contributed by atoms with Gasteiger partial charge in [0.25, 0.3) is 0 Å². The van der Waals surface area contributed by atoms with E-state index in [-0.39, 0.29) is 11.8 Å². The number of nitrogens with zero attached hydrogens (tertiary/aromatic N) is 3. The second-order valence-corrected chi connectivity index (χ2v) is 5.04. The predicted octanol–water partition coefficient (Wildman–Crippen LogP) is 2.57. The van der Waals surface area contributed by atoms with E-state index in [1.54, 1.807) is 16.8 Å². The summed E-state index contributed by atoms with van der Waals surface area (Å²) in [4.78, 5) is 12.0. The summed E-state index contributed by atoms with van der Waals surface area (Å²) in [6, 6.07) is 3.35. The van der Waals surface area contributed by atoms with E-state index in [4.69, 9.17) is 21.1 Å². The van der Waals surface area contributed by atoms with Crippen LogP contribution in [0.2, 0.25) is 5.02 Å². The largest absolute Gasteiger partial charge is 0.465 e. The number of halogens is 1. The van der Waals surface area contributed by atoms with Crippen LogP contribution in [0.3, 0.4) is 0 Å². The molecule has 3 rings (SSSR count). The van der Waals surface area contributed by atoms with Gasteiger partial charge in [-0.15, -0.1) is 5.10 Å². The molecule has 1 fully saturated rings. The minimum absolute atomic E-state index is 0.212. The van der Waals surface area contributed by atoms with Crippen LogP contribution in [0.5, 0.6) is 0 Å². The van der Waals surface area contributed by atoms with E-state index in [0.29, 0.717) is 22.7 Å². The van der Waals surface area contributed by atoms with Crippen molar-refractivity contribution in [3.05, 3.63) is 22.7 Å². The molecule has 1 saturated heterocycles. The molecule has 0 bridgehead atoms. The molecule has 1 unspecified atom stereocenters. The molecule has 20 heavy (non-hydrogen) atoms. The van der Waals surface area contributed by atoms with Gasteiger partial charge in [-0.1, -0.05) is 16.8 Å². The zero-order valence-corrected chi connectivity index (χ0v) is 11.8. The van der Waals surface area contributed by atoms with Crippen LogP contribution in [-0.4, -0.2) is 34.7 Å². The number of hydrogen-bond acceptors (Lipinski definition) is 5. The molecule has 1 atom stereocenters. The number of ether oxygens (including phenoxy) is 2. The highest BCUT2D eigenvalue weighted by atomic mass is 35.5. The third-order valence-corrected chi connectivity index (χ3v) is 3.72. The van der Waals surface area contributed by atoms with Gasteiger partial charge < -0.3 is 9.47 Å². The molecule has 0 radical (unpaired) electrons. The van der Waals surface area contributed by atoms with Crippen LogP contribution < -0.4 is 0 Å². The number of methoxy groups -OCH3 is 1. The number of esters is 1. The van der Waals surface area contributed by atoms with Crippen LogP contribution in [0.15, 0.2) is 12.1 Å². The van der Waals surface area contributed by atoms with Crippen molar-refractivity contribution in [3.63, 3.8) is 0 Å². The van der Waals surface area contributed by atoms with E-state index in [2.05, 4.69) is 10.3 Å². The van der Waals surface area contributed by atoms with Crippen molar-refractivity contribution in [2.24, 2.45) is 0 Å². The van der Waals surface area contributed by atoms with Crippen molar-refractivity contribution in [2.45, 2.75) is 25.5 Å². The average molecular weight is 296 g/mol. The van der Waals surface area contributed by atoms with E-state index in [0.717, 1.165) is 19.3 Å². The van der Waals surface area contributed by atoms with Crippen molar-refractivity contribution in [2.75, 3.05) is 13.7 Å². The molecular weight excluding hydrogens is 282 g/mol. The van der Waals surface area contributed by atoms with Crippen LogP contribution in [0.4, 0.5) is 0 Å². The highest BCUT2D eigenvalue weighted by molar-refractivity contribution is 6.35. The van der Waals surface area contributed by atoms with Gasteiger partial charge >= 0.3 is 5.97 Å². The summed E-state index contributed by atoms with van der Waals surface area (Å²) in [5, 5.41) is 8.51. The number of benzene rings is 1. The number of fused-ring (bicyclic) bond motifs is 1. The molecule has 2 aromatic rings. The van der Waals surface area contributed by atoms with Crippen LogP contribution in [0.1, 0.15) is 35.8 Å². The fourth-order valence-electron chi connectivity index (χ4n) is 2.42. The van der Waals surface area contributed by atoms with Gasteiger partial charge in [-0.3, -0.25) is 0 Å². The second-order valence-electron chi connectivity index (χ2n) is 4.64. The van der Waals surface area contributed by atoms with E-state index >= 15 is 0 Å². The first-order valence-electron chi connectivity index (χ1n) is 6.45. The maximum absolute atomic E-state index is 12.0. The molecular formula is C13H14ClN3O3. The quantitative estimate of drug-likeness (QED) is 0.797. The zero-order valence-electron chi connectivity index (χ0n) is 11.0. The van der Waals surface area contributed by atoms with Crippen molar-refractivity contribution < 1.29 is 14.3 Å². The second kappa shape index (κ2) is 5.38. The van der Waals surface area contributed by atoms with Gasteiger partial charge in [0, 0.05) is 6.61 Å². The van der Waals surface area contributed by atoms with Crippen LogP contribution in [0, 0.1) is 0 Å². The molecule has 0 saturated carbocycles. The Balaban J connectivity index is 2.18. The summed E-state index contributed by atoms with van der Waals surface area (Å²) < 4.78 is 12.1. The smallest absolute Gasteiger partial charge is 0.341 e. The molecule has 6 nitrogen and oxygen atoms in total. The molecule has 1 aliphatic heterocycles. The Hall–Kier alpha value is -1.66. The van der Waals surface area contributed by atoms with Gasteiger partial charge in [0.15, 0.2) is 6.23 Å². The first-order chi connectivity index (χ1) is 9.72. The third kappa shape index (κ3) is 2.14. The van der Waals surface area contributed by atoms with Crippen LogP contribution in [-0.2, 0) is 9.47 Å². The monoisotopic (exact) mass is 295 g/mol. The summed E-state index contributed by atoms with van der Waals surface area (Å²) in [5.74, 6) is -0.500. The van der Waals surface area contributed by atoms with Crippen molar-refractivity contribution >= 4 is 28.6 Å². The Morgan fingerprint density at radius 3 is 3.05 bits per heavy atom. The number of aromatic nitrogens is 3. The van der Waals surface area contributed by atoms with Crippen molar-refractivity contribution in [1.82, 2.24) is 15.0 Å². The minimum Gasteiger partial charge on any atom is -0.465 e. The molecule has 2 heterocycles. The predicted molar refractivity (Wildman–Crippen MR) is 72.7 cm³/mol. The van der Waals surface area contributed by atoms with Crippen molar-refractivity contribution in [3.8, 4) is 0 Å². The van der Waals surface area contributed by atoms with E-state index in [1.807, 2.05) is 0 Å². The fraction of sp³-hybridized carbons (Fsp3) is 0.462. The Morgan fingerprint density at radius 1 is 1.50 bits per heavy atom. The number of hydrogen-bond donors (Lipinski definition) is 0. The first-order valence-corrected chi connectivity index (χ1v) is 6.83. The van der Waals surface area contributed by atoms with Gasteiger partial charge in [0.1, 0.15) is 16.6 Å². The summed E-state index contributed by atoms with van der Waals surface area (Å²) in [7, 11) is 1.32. The molecule has 7 heteroatoms. The number of carbonyl (C=O) groups is 1. The summed E-state index contributed by atoms with van der Waals surface area (Å²) in [5.41, 5.74) is 1.45. The summed E-state index contributed by atoms with van der Waals surface area (Å²) in [6.07, 6.45) is 2.72. The summed E-state index contributed by atoms with van der Waals surface area (Å²) >= 11 is 6.13. The zero-order chi connectivity index (χ0) is 14.1.